The predicted molar refractivity (Wildman–Crippen MR) is 104 cm³/mol. The normalized spacial score (nSPS) is 50.1. The maximum absolute atomic E-state index is 11.6. The summed E-state index contributed by atoms with van der Waals surface area (Å²) in [6.07, 6.45) is 7.47. The van der Waals surface area contributed by atoms with Gasteiger partial charge >= 0.3 is 11.9 Å². The van der Waals surface area contributed by atoms with E-state index in [1.807, 2.05) is 0 Å². The van der Waals surface area contributed by atoms with Gasteiger partial charge < -0.3 is 14.6 Å². The molecule has 4 aliphatic carbocycles. The van der Waals surface area contributed by atoms with E-state index in [9.17, 15) is 14.7 Å². The lowest BCUT2D eigenvalue weighted by atomic mass is 9.44. The Labute approximate surface area is 168 Å². The molecule has 1 N–H and O–H groups in total. The maximum Gasteiger partial charge on any atom is 0.302 e. The topological polar surface area (TPSA) is 72.8 Å². The van der Waals surface area contributed by atoms with Crippen molar-refractivity contribution in [3.05, 3.63) is 0 Å². The fourth-order valence-electron chi connectivity index (χ4n) is 7.95. The number of fused-ring (bicyclic) bond motifs is 5. The minimum absolute atomic E-state index is 0.0473. The minimum Gasteiger partial charge on any atom is -0.462 e. The van der Waals surface area contributed by atoms with E-state index in [1.54, 1.807) is 0 Å². The minimum atomic E-state index is -0.418. The fraction of sp³-hybridized carbons (Fsp3) is 0.913. The molecule has 4 rings (SSSR count). The number of aliphatic hydroxyl groups excluding tert-OH is 1. The monoisotopic (exact) mass is 392 g/mol. The number of hydrogen-bond donors (Lipinski definition) is 1. The molecule has 28 heavy (non-hydrogen) atoms. The van der Waals surface area contributed by atoms with Crippen LogP contribution in [0.25, 0.3) is 0 Å². The average Bonchev–Trinajstić information content (AvgIpc) is 2.92. The lowest BCUT2D eigenvalue weighted by Crippen LogP contribution is -2.59. The van der Waals surface area contributed by atoms with Gasteiger partial charge in [-0.1, -0.05) is 13.8 Å². The third-order valence-electron chi connectivity index (χ3n) is 9.27. The third kappa shape index (κ3) is 3.00. The molecule has 0 aromatic heterocycles. The van der Waals surface area contributed by atoms with E-state index in [0.29, 0.717) is 30.1 Å². The average molecular weight is 393 g/mol. The van der Waals surface area contributed by atoms with E-state index in [4.69, 9.17) is 9.47 Å². The summed E-state index contributed by atoms with van der Waals surface area (Å²) >= 11 is 0. The molecule has 0 spiro atoms. The smallest absolute Gasteiger partial charge is 0.302 e. The summed E-state index contributed by atoms with van der Waals surface area (Å²) < 4.78 is 11.2. The van der Waals surface area contributed by atoms with Gasteiger partial charge in [-0.15, -0.1) is 0 Å². The van der Waals surface area contributed by atoms with Crippen LogP contribution in [0.3, 0.4) is 0 Å². The van der Waals surface area contributed by atoms with Crippen molar-refractivity contribution >= 4 is 11.9 Å². The molecule has 158 valence electrons. The standard InChI is InChI=1S/C23H36O5/c1-13(24)27-16-11-15-5-6-17-18-7-8-21(28-14(2)25)22(18,3)10-9-19(17)23(15,4)20(26)12-16/h15-21,26H,5-12H2,1-4H3/t15?,16?,17-,18-,19+,20?,21?,22-,23-/m0/s1. The first kappa shape index (κ1) is 20.2. The molecule has 0 aromatic rings. The van der Waals surface area contributed by atoms with Crippen molar-refractivity contribution < 1.29 is 24.2 Å². The highest BCUT2D eigenvalue weighted by Gasteiger charge is 2.63. The van der Waals surface area contributed by atoms with Crippen molar-refractivity contribution in [3.8, 4) is 0 Å². The van der Waals surface area contributed by atoms with Crippen LogP contribution in [0.5, 0.6) is 0 Å². The van der Waals surface area contributed by atoms with Gasteiger partial charge in [-0.25, -0.2) is 0 Å². The van der Waals surface area contributed by atoms with Gasteiger partial charge in [0.05, 0.1) is 6.10 Å². The van der Waals surface area contributed by atoms with Crippen molar-refractivity contribution in [3.63, 3.8) is 0 Å². The second kappa shape index (κ2) is 7.00. The number of carbonyl (C=O) groups is 2. The number of hydrogen-bond acceptors (Lipinski definition) is 5. The molecular weight excluding hydrogens is 356 g/mol. The summed E-state index contributed by atoms with van der Waals surface area (Å²) in [4.78, 5) is 23.0. The van der Waals surface area contributed by atoms with E-state index in [-0.39, 0.29) is 35.0 Å². The number of ether oxygens (including phenoxy) is 2. The van der Waals surface area contributed by atoms with Gasteiger partial charge in [0.15, 0.2) is 0 Å². The Morgan fingerprint density at radius 3 is 2.29 bits per heavy atom. The summed E-state index contributed by atoms with van der Waals surface area (Å²) in [6, 6.07) is 0. The third-order valence-corrected chi connectivity index (χ3v) is 9.27. The molecule has 0 bridgehead atoms. The Kier molecular flexibility index (Phi) is 5.05. The molecule has 0 radical (unpaired) electrons. The first-order valence-electron chi connectivity index (χ1n) is 11.2. The predicted octanol–water partition coefficient (Wildman–Crippen LogP) is 3.86. The molecule has 5 nitrogen and oxygen atoms in total. The first-order valence-corrected chi connectivity index (χ1v) is 11.2. The highest BCUT2D eigenvalue weighted by atomic mass is 16.5. The van der Waals surface area contributed by atoms with Gasteiger partial charge in [0, 0.05) is 25.7 Å². The van der Waals surface area contributed by atoms with Crippen LogP contribution in [0.4, 0.5) is 0 Å². The van der Waals surface area contributed by atoms with Gasteiger partial charge in [-0.3, -0.25) is 9.59 Å². The molecule has 0 aliphatic heterocycles. The van der Waals surface area contributed by atoms with Crippen LogP contribution in [0, 0.1) is 34.5 Å². The Morgan fingerprint density at radius 2 is 1.61 bits per heavy atom. The second-order valence-electron chi connectivity index (χ2n) is 10.5. The van der Waals surface area contributed by atoms with Crippen molar-refractivity contribution in [2.24, 2.45) is 34.5 Å². The molecular formula is C23H36O5. The van der Waals surface area contributed by atoms with Crippen molar-refractivity contribution in [2.45, 2.75) is 97.4 Å². The molecule has 5 heteroatoms. The quantitative estimate of drug-likeness (QED) is 0.723. The van der Waals surface area contributed by atoms with Crippen LogP contribution < -0.4 is 0 Å². The Bertz CT molecular complexity index is 647. The van der Waals surface area contributed by atoms with Crippen LogP contribution in [-0.4, -0.2) is 35.4 Å². The molecule has 4 unspecified atom stereocenters. The van der Waals surface area contributed by atoms with Crippen LogP contribution in [-0.2, 0) is 19.1 Å². The Balaban J connectivity index is 1.55. The molecule has 0 amide bonds. The van der Waals surface area contributed by atoms with E-state index in [2.05, 4.69) is 13.8 Å². The van der Waals surface area contributed by atoms with Crippen molar-refractivity contribution in [2.75, 3.05) is 0 Å². The van der Waals surface area contributed by atoms with Gasteiger partial charge in [0.25, 0.3) is 0 Å². The molecule has 4 aliphatic rings. The van der Waals surface area contributed by atoms with Crippen LogP contribution in [0.15, 0.2) is 0 Å². The summed E-state index contributed by atoms with van der Waals surface area (Å²) in [7, 11) is 0. The van der Waals surface area contributed by atoms with E-state index in [0.717, 1.165) is 38.5 Å². The van der Waals surface area contributed by atoms with Crippen LogP contribution in [0.2, 0.25) is 0 Å². The van der Waals surface area contributed by atoms with Gasteiger partial charge in [0.2, 0.25) is 0 Å². The van der Waals surface area contributed by atoms with Gasteiger partial charge in [-0.05, 0) is 74.0 Å². The fourth-order valence-corrected chi connectivity index (χ4v) is 7.95. The molecule has 9 atom stereocenters. The highest BCUT2D eigenvalue weighted by molar-refractivity contribution is 5.66. The number of aliphatic hydroxyl groups is 1. The van der Waals surface area contributed by atoms with Crippen LogP contribution >= 0.6 is 0 Å². The van der Waals surface area contributed by atoms with E-state index < -0.39 is 6.10 Å². The number of rotatable bonds is 2. The zero-order chi connectivity index (χ0) is 20.3. The lowest BCUT2D eigenvalue weighted by Gasteiger charge is -2.62. The first-order chi connectivity index (χ1) is 13.2. The maximum atomic E-state index is 11.6. The number of carbonyl (C=O) groups excluding carboxylic acids is 2. The Hall–Kier alpha value is -1.10. The highest BCUT2D eigenvalue weighted by Crippen LogP contribution is 2.66. The second-order valence-corrected chi connectivity index (χ2v) is 10.5. The van der Waals surface area contributed by atoms with Gasteiger partial charge in [-0.2, -0.15) is 0 Å². The number of esters is 2. The SMILES string of the molecule is CC(=O)OC1CC(O)[C@@]2(C)C(CC[C@@H]3[C@H]2CC[C@]2(C)C(OC(C)=O)CC[C@@H]32)C1. The summed E-state index contributed by atoms with van der Waals surface area (Å²) in [5, 5.41) is 11.2. The summed E-state index contributed by atoms with van der Waals surface area (Å²) in [5.41, 5.74) is -0.0175. The molecule has 0 heterocycles. The van der Waals surface area contributed by atoms with Crippen molar-refractivity contribution in [1.29, 1.82) is 0 Å². The van der Waals surface area contributed by atoms with Gasteiger partial charge in [0.1, 0.15) is 12.2 Å². The van der Waals surface area contributed by atoms with Crippen LogP contribution in [0.1, 0.15) is 79.1 Å². The summed E-state index contributed by atoms with van der Waals surface area (Å²) in [6.45, 7) is 7.60. The van der Waals surface area contributed by atoms with Crippen molar-refractivity contribution in [1.82, 2.24) is 0 Å². The van der Waals surface area contributed by atoms with E-state index in [1.165, 1.54) is 20.3 Å². The lowest BCUT2D eigenvalue weighted by molar-refractivity contribution is -0.195. The zero-order valence-electron chi connectivity index (χ0n) is 17.8. The zero-order valence-corrected chi connectivity index (χ0v) is 17.8. The molecule has 4 saturated carbocycles. The Morgan fingerprint density at radius 1 is 0.893 bits per heavy atom. The molecule has 0 saturated heterocycles. The molecule has 4 fully saturated rings. The van der Waals surface area contributed by atoms with E-state index >= 15 is 0 Å². The summed E-state index contributed by atoms with van der Waals surface area (Å²) in [5.74, 6) is 1.69. The largest absolute Gasteiger partial charge is 0.462 e. The molecule has 0 aromatic carbocycles.